The zero-order chi connectivity index (χ0) is 17.8. The molecule has 0 spiro atoms. The molecule has 1 saturated heterocycles. The normalized spacial score (nSPS) is 15.3. The fraction of sp³-hybridized carbons (Fsp3) is 0.444. The molecule has 0 aliphatic carbocycles. The van der Waals surface area contributed by atoms with Gasteiger partial charge in [0.05, 0.1) is 11.9 Å². The molecule has 2 heterocycles. The number of carbonyl (C=O) groups excluding carboxylic acids is 1. The smallest absolute Gasteiger partial charge is 0.303 e. The monoisotopic (exact) mass is 342 g/mol. The number of carboxylic acid groups (broad SMARTS) is 1. The number of para-hydroxylation sites is 1. The number of fused-ring (bicyclic) bond motifs is 1. The summed E-state index contributed by atoms with van der Waals surface area (Å²) in [4.78, 5) is 35.4. The highest BCUT2D eigenvalue weighted by Gasteiger charge is 2.26. The SMILES string of the molecule is CN(C(=O)CCC(=O)O)C1CCN(c2ncnc3ccccc23)CC1. The van der Waals surface area contributed by atoms with Crippen LogP contribution >= 0.6 is 0 Å². The molecule has 3 rings (SSSR count). The zero-order valence-electron chi connectivity index (χ0n) is 14.3. The first-order valence-corrected chi connectivity index (χ1v) is 8.48. The van der Waals surface area contributed by atoms with Gasteiger partial charge in [-0.25, -0.2) is 9.97 Å². The van der Waals surface area contributed by atoms with Crippen LogP contribution in [0.15, 0.2) is 30.6 Å². The molecule has 1 amide bonds. The lowest BCUT2D eigenvalue weighted by Crippen LogP contribution is -2.46. The van der Waals surface area contributed by atoms with Crippen LogP contribution in [-0.4, -0.2) is 58.0 Å². The summed E-state index contributed by atoms with van der Waals surface area (Å²) in [6.07, 6.45) is 3.21. The number of anilines is 1. The maximum atomic E-state index is 12.1. The molecule has 1 aliphatic heterocycles. The maximum Gasteiger partial charge on any atom is 0.303 e. The molecule has 0 saturated carbocycles. The quantitative estimate of drug-likeness (QED) is 0.893. The average molecular weight is 342 g/mol. The number of amides is 1. The second-order valence-electron chi connectivity index (χ2n) is 6.33. The minimum atomic E-state index is -0.938. The van der Waals surface area contributed by atoms with Crippen LogP contribution in [0.1, 0.15) is 25.7 Å². The van der Waals surface area contributed by atoms with Gasteiger partial charge in [0.2, 0.25) is 5.91 Å². The van der Waals surface area contributed by atoms with Gasteiger partial charge in [-0.3, -0.25) is 9.59 Å². The molecule has 1 aromatic heterocycles. The molecule has 1 N–H and O–H groups in total. The summed E-state index contributed by atoms with van der Waals surface area (Å²) < 4.78 is 0. The van der Waals surface area contributed by atoms with E-state index < -0.39 is 5.97 Å². The summed E-state index contributed by atoms with van der Waals surface area (Å²) in [6.45, 7) is 1.62. The highest BCUT2D eigenvalue weighted by Crippen LogP contribution is 2.26. The Hall–Kier alpha value is -2.70. The Morgan fingerprint density at radius 1 is 1.20 bits per heavy atom. The lowest BCUT2D eigenvalue weighted by atomic mass is 10.0. The van der Waals surface area contributed by atoms with Gasteiger partial charge in [0.1, 0.15) is 12.1 Å². The third kappa shape index (κ3) is 3.87. The predicted molar refractivity (Wildman–Crippen MR) is 94.4 cm³/mol. The van der Waals surface area contributed by atoms with E-state index in [-0.39, 0.29) is 24.8 Å². The summed E-state index contributed by atoms with van der Waals surface area (Å²) in [7, 11) is 1.77. The second kappa shape index (κ2) is 7.46. The number of carbonyl (C=O) groups is 2. The largest absolute Gasteiger partial charge is 0.481 e. The fourth-order valence-electron chi connectivity index (χ4n) is 3.30. The Morgan fingerprint density at radius 2 is 1.92 bits per heavy atom. The van der Waals surface area contributed by atoms with Gasteiger partial charge in [0.25, 0.3) is 0 Å². The molecule has 0 unspecified atom stereocenters. The first-order chi connectivity index (χ1) is 12.1. The van der Waals surface area contributed by atoms with Crippen molar-refractivity contribution in [2.75, 3.05) is 25.0 Å². The van der Waals surface area contributed by atoms with Crippen molar-refractivity contribution < 1.29 is 14.7 Å². The molecule has 0 atom stereocenters. The van der Waals surface area contributed by atoms with Gasteiger partial charge in [-0.05, 0) is 25.0 Å². The van der Waals surface area contributed by atoms with Crippen LogP contribution in [0, 0.1) is 0 Å². The zero-order valence-corrected chi connectivity index (χ0v) is 14.3. The Labute approximate surface area is 146 Å². The summed E-state index contributed by atoms with van der Waals surface area (Å²) in [6, 6.07) is 8.09. The summed E-state index contributed by atoms with van der Waals surface area (Å²) >= 11 is 0. The minimum absolute atomic E-state index is 0.0581. The Morgan fingerprint density at radius 3 is 2.64 bits per heavy atom. The average Bonchev–Trinajstić information content (AvgIpc) is 2.65. The molecule has 1 aromatic carbocycles. The van der Waals surface area contributed by atoms with E-state index in [1.165, 1.54) is 0 Å². The molecule has 0 bridgehead atoms. The predicted octanol–water partition coefficient (Wildman–Crippen LogP) is 1.92. The van der Waals surface area contributed by atoms with Crippen molar-refractivity contribution in [3.63, 3.8) is 0 Å². The van der Waals surface area contributed by atoms with Crippen molar-refractivity contribution in [1.82, 2.24) is 14.9 Å². The molecule has 2 aromatic rings. The standard InChI is InChI=1S/C18H22N4O3/c1-21(16(23)6-7-17(24)25)13-8-10-22(11-9-13)18-14-4-2-3-5-15(14)19-12-20-18/h2-5,12-13H,6-11H2,1H3,(H,24,25). The van der Waals surface area contributed by atoms with Crippen molar-refractivity contribution in [2.45, 2.75) is 31.7 Å². The van der Waals surface area contributed by atoms with E-state index in [2.05, 4.69) is 14.9 Å². The number of piperidine rings is 1. The lowest BCUT2D eigenvalue weighted by Gasteiger charge is -2.37. The van der Waals surface area contributed by atoms with Crippen LogP contribution in [0.3, 0.4) is 0 Å². The molecular weight excluding hydrogens is 320 g/mol. The van der Waals surface area contributed by atoms with Crippen LogP contribution in [-0.2, 0) is 9.59 Å². The van der Waals surface area contributed by atoms with Crippen molar-refractivity contribution in [1.29, 1.82) is 0 Å². The van der Waals surface area contributed by atoms with Crippen LogP contribution < -0.4 is 4.90 Å². The minimum Gasteiger partial charge on any atom is -0.481 e. The first-order valence-electron chi connectivity index (χ1n) is 8.48. The summed E-state index contributed by atoms with van der Waals surface area (Å²) in [5.41, 5.74) is 0.926. The molecule has 1 aliphatic rings. The van der Waals surface area contributed by atoms with Crippen LogP contribution in [0.2, 0.25) is 0 Å². The summed E-state index contributed by atoms with van der Waals surface area (Å²) in [5, 5.41) is 9.75. The number of hydrogen-bond donors (Lipinski definition) is 1. The molecule has 132 valence electrons. The highest BCUT2D eigenvalue weighted by molar-refractivity contribution is 5.89. The van der Waals surface area contributed by atoms with Crippen LogP contribution in [0.4, 0.5) is 5.82 Å². The molecule has 7 heteroatoms. The second-order valence-corrected chi connectivity index (χ2v) is 6.33. The lowest BCUT2D eigenvalue weighted by molar-refractivity contribution is -0.141. The van der Waals surface area contributed by atoms with Gasteiger partial charge < -0.3 is 14.9 Å². The van der Waals surface area contributed by atoms with E-state index in [0.29, 0.717) is 0 Å². The topological polar surface area (TPSA) is 86.6 Å². The maximum absolute atomic E-state index is 12.1. The number of aromatic nitrogens is 2. The van der Waals surface area contributed by atoms with E-state index in [9.17, 15) is 9.59 Å². The van der Waals surface area contributed by atoms with Gasteiger partial charge >= 0.3 is 5.97 Å². The van der Waals surface area contributed by atoms with Crippen molar-refractivity contribution in [2.24, 2.45) is 0 Å². The number of carboxylic acids is 1. The third-order valence-corrected chi connectivity index (χ3v) is 4.78. The van der Waals surface area contributed by atoms with Gasteiger partial charge in [-0.15, -0.1) is 0 Å². The van der Waals surface area contributed by atoms with E-state index in [4.69, 9.17) is 5.11 Å². The van der Waals surface area contributed by atoms with Gasteiger partial charge in [-0.1, -0.05) is 12.1 Å². The van der Waals surface area contributed by atoms with E-state index in [0.717, 1.165) is 42.7 Å². The highest BCUT2D eigenvalue weighted by atomic mass is 16.4. The fourth-order valence-corrected chi connectivity index (χ4v) is 3.30. The Kier molecular flexibility index (Phi) is 5.11. The number of benzene rings is 1. The molecule has 0 radical (unpaired) electrons. The number of rotatable bonds is 5. The van der Waals surface area contributed by atoms with E-state index in [1.54, 1.807) is 18.3 Å². The molecule has 7 nitrogen and oxygen atoms in total. The molecule has 25 heavy (non-hydrogen) atoms. The van der Waals surface area contributed by atoms with Crippen LogP contribution in [0.25, 0.3) is 10.9 Å². The summed E-state index contributed by atoms with van der Waals surface area (Å²) in [5.74, 6) is -0.107. The number of nitrogens with zero attached hydrogens (tertiary/aromatic N) is 4. The van der Waals surface area contributed by atoms with Crippen molar-refractivity contribution in [3.8, 4) is 0 Å². The Bertz CT molecular complexity index is 767. The van der Waals surface area contributed by atoms with Gasteiger partial charge in [0, 0.05) is 38.0 Å². The molecule has 1 fully saturated rings. The van der Waals surface area contributed by atoms with Crippen molar-refractivity contribution in [3.05, 3.63) is 30.6 Å². The number of hydrogen-bond acceptors (Lipinski definition) is 5. The first kappa shape index (κ1) is 17.1. The molecular formula is C18H22N4O3. The van der Waals surface area contributed by atoms with E-state index >= 15 is 0 Å². The van der Waals surface area contributed by atoms with Crippen molar-refractivity contribution >= 4 is 28.6 Å². The van der Waals surface area contributed by atoms with E-state index in [1.807, 2.05) is 24.3 Å². The third-order valence-electron chi connectivity index (χ3n) is 4.78. The van der Waals surface area contributed by atoms with Gasteiger partial charge in [-0.2, -0.15) is 0 Å². The van der Waals surface area contributed by atoms with Gasteiger partial charge in [0.15, 0.2) is 0 Å². The number of aliphatic carboxylic acids is 1. The Balaban J connectivity index is 1.63. The van der Waals surface area contributed by atoms with Crippen LogP contribution in [0.5, 0.6) is 0 Å².